The number of benzene rings is 2. The molecule has 0 aliphatic heterocycles. The van der Waals surface area contributed by atoms with Crippen molar-refractivity contribution in [2.24, 2.45) is 5.92 Å². The van der Waals surface area contributed by atoms with Gasteiger partial charge in [-0.25, -0.2) is 0 Å². The highest BCUT2D eigenvalue weighted by Crippen LogP contribution is 2.56. The Labute approximate surface area is 127 Å². The first kappa shape index (κ1) is 12.9. The molecular weight excluding hydrogens is 280 g/mol. The number of aliphatic hydroxyl groups excluding tert-OH is 1. The lowest BCUT2D eigenvalue weighted by Gasteiger charge is -2.20. The molecule has 3 aromatic rings. The van der Waals surface area contributed by atoms with E-state index in [-0.39, 0.29) is 18.1 Å². The van der Waals surface area contributed by atoms with Gasteiger partial charge in [-0.2, -0.15) is 0 Å². The molecule has 3 heteroatoms. The van der Waals surface area contributed by atoms with Crippen LogP contribution in [0.15, 0.2) is 60.0 Å². The minimum atomic E-state index is -0.340. The smallest absolute Gasteiger partial charge is 0.149 e. The Morgan fingerprint density at radius 1 is 1.10 bits per heavy atom. The lowest BCUT2D eigenvalue weighted by Crippen LogP contribution is -2.19. The lowest BCUT2D eigenvalue weighted by molar-refractivity contribution is 0.141. The normalized spacial score (nSPS) is 24.1. The fraction of sp³-hybridized carbons (Fsp3) is 0.222. The Bertz CT molecular complexity index is 760. The maximum Gasteiger partial charge on any atom is 0.149 e. The molecule has 1 heterocycles. The van der Waals surface area contributed by atoms with Crippen LogP contribution < -0.4 is 4.74 Å². The van der Waals surface area contributed by atoms with Crippen molar-refractivity contribution in [1.82, 2.24) is 0 Å². The zero-order valence-electron chi connectivity index (χ0n) is 11.5. The number of fused-ring (bicyclic) bond motifs is 1. The molecule has 0 saturated heterocycles. The molecule has 1 saturated carbocycles. The highest BCUT2D eigenvalue weighted by Gasteiger charge is 2.58. The van der Waals surface area contributed by atoms with E-state index in [0.717, 1.165) is 17.6 Å². The third-order valence-electron chi connectivity index (χ3n) is 4.25. The summed E-state index contributed by atoms with van der Waals surface area (Å²) < 4.78 is 6.42. The molecular formula is C18H16O2S. The van der Waals surface area contributed by atoms with Gasteiger partial charge in [-0.3, -0.25) is 0 Å². The molecule has 2 aromatic carbocycles. The van der Waals surface area contributed by atoms with E-state index in [1.165, 1.54) is 10.3 Å². The third kappa shape index (κ3) is 2.04. The highest BCUT2D eigenvalue weighted by molar-refractivity contribution is 7.10. The van der Waals surface area contributed by atoms with Crippen molar-refractivity contribution in [3.05, 3.63) is 64.9 Å². The molecule has 0 amide bonds. The van der Waals surface area contributed by atoms with Crippen molar-refractivity contribution < 1.29 is 9.84 Å². The van der Waals surface area contributed by atoms with E-state index < -0.39 is 0 Å². The van der Waals surface area contributed by atoms with Gasteiger partial charge in [-0.1, -0.05) is 42.5 Å². The van der Waals surface area contributed by atoms with Crippen LogP contribution in [0.1, 0.15) is 11.3 Å². The van der Waals surface area contributed by atoms with Gasteiger partial charge in [0, 0.05) is 22.6 Å². The topological polar surface area (TPSA) is 29.5 Å². The number of thiophene rings is 1. The average Bonchev–Trinajstić information content (AvgIpc) is 2.97. The van der Waals surface area contributed by atoms with E-state index in [0.29, 0.717) is 0 Å². The molecule has 106 valence electrons. The maximum atomic E-state index is 9.56. The van der Waals surface area contributed by atoms with Crippen molar-refractivity contribution in [2.45, 2.75) is 12.0 Å². The second kappa shape index (κ2) is 4.86. The second-order valence-corrected chi connectivity index (χ2v) is 6.48. The van der Waals surface area contributed by atoms with Crippen LogP contribution in [-0.4, -0.2) is 11.7 Å². The van der Waals surface area contributed by atoms with Gasteiger partial charge in [-0.05, 0) is 22.9 Å². The molecule has 1 aliphatic rings. The van der Waals surface area contributed by atoms with Crippen LogP contribution in [0.5, 0.6) is 5.75 Å². The summed E-state index contributed by atoms with van der Waals surface area (Å²) in [7, 11) is 0. The molecule has 0 spiro atoms. The van der Waals surface area contributed by atoms with Gasteiger partial charge < -0.3 is 9.84 Å². The Morgan fingerprint density at radius 2 is 1.95 bits per heavy atom. The standard InChI is InChI=1S/C18H16O2S/c19-12-14-11-18(14,17-9-4-10-21-17)20-16-8-3-6-13-5-1-2-7-15(13)16/h1-10,14,19H,11-12H2/t14-,18-/m0/s1. The molecule has 0 radical (unpaired) electrons. The summed E-state index contributed by atoms with van der Waals surface area (Å²) in [4.78, 5) is 1.20. The Hall–Kier alpha value is -1.84. The predicted octanol–water partition coefficient (Wildman–Crippen LogP) is 4.19. The maximum absolute atomic E-state index is 9.56. The summed E-state index contributed by atoms with van der Waals surface area (Å²) in [6, 6.07) is 18.5. The van der Waals surface area contributed by atoms with Gasteiger partial charge in [-0.15, -0.1) is 11.3 Å². The molecule has 1 aromatic heterocycles. The molecule has 2 atom stereocenters. The molecule has 2 nitrogen and oxygen atoms in total. The first-order chi connectivity index (χ1) is 10.3. The Morgan fingerprint density at radius 3 is 2.71 bits per heavy atom. The number of ether oxygens (including phenoxy) is 1. The largest absolute Gasteiger partial charge is 0.481 e. The minimum absolute atomic E-state index is 0.169. The zero-order valence-corrected chi connectivity index (χ0v) is 12.3. The zero-order chi connectivity index (χ0) is 14.3. The highest BCUT2D eigenvalue weighted by atomic mass is 32.1. The average molecular weight is 296 g/mol. The van der Waals surface area contributed by atoms with Crippen LogP contribution in [-0.2, 0) is 5.60 Å². The summed E-state index contributed by atoms with van der Waals surface area (Å²) in [5.74, 6) is 1.09. The summed E-state index contributed by atoms with van der Waals surface area (Å²) in [6.45, 7) is 0.169. The number of hydrogen-bond donors (Lipinski definition) is 1. The SMILES string of the molecule is OC[C@@H]1C[C@@]1(Oc1cccc2ccccc12)c1cccs1. The molecule has 1 aliphatic carbocycles. The predicted molar refractivity (Wildman–Crippen MR) is 85.8 cm³/mol. The van der Waals surface area contributed by atoms with E-state index in [9.17, 15) is 5.11 Å². The quantitative estimate of drug-likeness (QED) is 0.782. The van der Waals surface area contributed by atoms with Gasteiger partial charge in [0.15, 0.2) is 0 Å². The van der Waals surface area contributed by atoms with Crippen LogP contribution in [0.4, 0.5) is 0 Å². The summed E-state index contributed by atoms with van der Waals surface area (Å²) in [5, 5.41) is 13.9. The summed E-state index contributed by atoms with van der Waals surface area (Å²) in [6.07, 6.45) is 0.882. The molecule has 0 bridgehead atoms. The van der Waals surface area contributed by atoms with Gasteiger partial charge >= 0.3 is 0 Å². The van der Waals surface area contributed by atoms with E-state index in [2.05, 4.69) is 29.6 Å². The Kier molecular flexibility index (Phi) is 2.98. The fourth-order valence-electron chi connectivity index (χ4n) is 3.00. The van der Waals surface area contributed by atoms with Gasteiger partial charge in [0.25, 0.3) is 0 Å². The first-order valence-electron chi connectivity index (χ1n) is 7.15. The number of rotatable bonds is 4. The van der Waals surface area contributed by atoms with E-state index in [4.69, 9.17) is 4.74 Å². The van der Waals surface area contributed by atoms with E-state index in [1.54, 1.807) is 11.3 Å². The van der Waals surface area contributed by atoms with Crippen molar-refractivity contribution in [3.8, 4) is 5.75 Å². The monoisotopic (exact) mass is 296 g/mol. The van der Waals surface area contributed by atoms with Crippen LogP contribution in [0.25, 0.3) is 10.8 Å². The van der Waals surface area contributed by atoms with Gasteiger partial charge in [0.1, 0.15) is 11.4 Å². The summed E-state index contributed by atoms with van der Waals surface area (Å²) in [5.41, 5.74) is -0.340. The first-order valence-corrected chi connectivity index (χ1v) is 8.03. The van der Waals surface area contributed by atoms with Crippen LogP contribution >= 0.6 is 11.3 Å². The Balaban J connectivity index is 1.77. The van der Waals surface area contributed by atoms with Crippen molar-refractivity contribution in [1.29, 1.82) is 0 Å². The molecule has 0 unspecified atom stereocenters. The number of aliphatic hydroxyl groups is 1. The van der Waals surface area contributed by atoms with Crippen molar-refractivity contribution in [3.63, 3.8) is 0 Å². The van der Waals surface area contributed by atoms with Crippen LogP contribution in [0, 0.1) is 5.92 Å². The van der Waals surface area contributed by atoms with Crippen LogP contribution in [0.3, 0.4) is 0 Å². The van der Waals surface area contributed by atoms with Crippen molar-refractivity contribution in [2.75, 3.05) is 6.61 Å². The van der Waals surface area contributed by atoms with E-state index >= 15 is 0 Å². The van der Waals surface area contributed by atoms with Gasteiger partial charge in [0.05, 0.1) is 6.61 Å². The second-order valence-electron chi connectivity index (χ2n) is 5.53. The minimum Gasteiger partial charge on any atom is -0.481 e. The molecule has 1 fully saturated rings. The molecule has 1 N–H and O–H groups in total. The lowest BCUT2D eigenvalue weighted by atomic mass is 10.1. The van der Waals surface area contributed by atoms with Gasteiger partial charge in [0.2, 0.25) is 0 Å². The van der Waals surface area contributed by atoms with Crippen molar-refractivity contribution >= 4 is 22.1 Å². The number of hydrogen-bond acceptors (Lipinski definition) is 3. The van der Waals surface area contributed by atoms with E-state index in [1.807, 2.05) is 30.3 Å². The molecule has 4 rings (SSSR count). The summed E-state index contributed by atoms with van der Waals surface area (Å²) >= 11 is 1.70. The van der Waals surface area contributed by atoms with Crippen LogP contribution in [0.2, 0.25) is 0 Å². The fourth-order valence-corrected chi connectivity index (χ4v) is 3.95. The molecule has 21 heavy (non-hydrogen) atoms. The third-order valence-corrected chi connectivity index (χ3v) is 5.28.